The third kappa shape index (κ3) is 4.15. The Morgan fingerprint density at radius 1 is 1.14 bits per heavy atom. The zero-order valence-electron chi connectivity index (χ0n) is 18.3. The fraction of sp³-hybridized carbons (Fsp3) is 0.130. The van der Waals surface area contributed by atoms with Crippen LogP contribution in [0.4, 0.5) is 0 Å². The number of carbonyl (C=O) groups excluding carboxylic acids is 1. The molecule has 1 atom stereocenters. The number of aromatic amines is 1. The first kappa shape index (κ1) is 22.3. The Labute approximate surface area is 198 Å². The SMILES string of the molecule is CC(CNC(=O)c1cc2c(cn1)[nH]c1ccccc12)Oc1no[n+]([O-])c1S(=O)(=O)c1ccccc1. The second kappa shape index (κ2) is 8.72. The zero-order chi connectivity index (χ0) is 24.6. The van der Waals surface area contributed by atoms with Crippen LogP contribution in [0.2, 0.25) is 0 Å². The lowest BCUT2D eigenvalue weighted by Gasteiger charge is -2.12. The number of aromatic nitrogens is 4. The first-order valence-electron chi connectivity index (χ1n) is 10.6. The van der Waals surface area contributed by atoms with Crippen LogP contribution in [0.25, 0.3) is 21.8 Å². The smallest absolute Gasteiger partial charge is 0.415 e. The summed E-state index contributed by atoms with van der Waals surface area (Å²) in [6.07, 6.45) is 0.846. The van der Waals surface area contributed by atoms with Crippen molar-refractivity contribution < 1.29 is 27.5 Å². The monoisotopic (exact) mass is 493 g/mol. The Hall–Kier alpha value is -4.45. The van der Waals surface area contributed by atoms with E-state index in [0.29, 0.717) is 0 Å². The first-order chi connectivity index (χ1) is 16.8. The molecule has 1 unspecified atom stereocenters. The highest BCUT2D eigenvalue weighted by Gasteiger charge is 2.36. The zero-order valence-corrected chi connectivity index (χ0v) is 19.2. The number of hydrogen-bond donors (Lipinski definition) is 2. The number of rotatable bonds is 7. The lowest BCUT2D eigenvalue weighted by Crippen LogP contribution is -2.35. The first-order valence-corrected chi connectivity index (χ1v) is 12.0. The standard InChI is InChI=1S/C23H19N5O6S/c1-14(33-22-23(28(30)34-27-22)35(31,32)15-7-3-2-4-8-15)12-25-21(29)19-11-17-16-9-5-6-10-18(16)26-20(17)13-24-19/h2-11,13-14,26H,12H2,1H3,(H,25,29). The largest absolute Gasteiger partial charge is 0.450 e. The molecule has 0 saturated carbocycles. The van der Waals surface area contributed by atoms with E-state index >= 15 is 0 Å². The van der Waals surface area contributed by atoms with E-state index in [1.54, 1.807) is 25.3 Å². The fourth-order valence-electron chi connectivity index (χ4n) is 3.66. The van der Waals surface area contributed by atoms with Crippen LogP contribution in [0, 0.1) is 5.21 Å². The number of ether oxygens (including phenoxy) is 1. The van der Waals surface area contributed by atoms with Gasteiger partial charge in [0.1, 0.15) is 11.8 Å². The number of para-hydroxylation sites is 1. The molecule has 0 radical (unpaired) electrons. The second-order valence-electron chi connectivity index (χ2n) is 7.78. The van der Waals surface area contributed by atoms with Crippen LogP contribution in [0.3, 0.4) is 0 Å². The Kier molecular flexibility index (Phi) is 5.57. The Morgan fingerprint density at radius 3 is 2.69 bits per heavy atom. The maximum Gasteiger partial charge on any atom is 0.415 e. The van der Waals surface area contributed by atoms with Crippen LogP contribution in [-0.4, -0.2) is 42.1 Å². The van der Waals surface area contributed by atoms with Crippen LogP contribution >= 0.6 is 0 Å². The summed E-state index contributed by atoms with van der Waals surface area (Å²) in [5.74, 6) is -0.937. The predicted molar refractivity (Wildman–Crippen MR) is 123 cm³/mol. The maximum atomic E-state index is 12.9. The van der Waals surface area contributed by atoms with Crippen molar-refractivity contribution in [3.05, 3.63) is 77.8 Å². The molecular formula is C23H19N5O6S. The number of nitrogens with zero attached hydrogens (tertiary/aromatic N) is 3. The molecule has 3 aromatic heterocycles. The summed E-state index contributed by atoms with van der Waals surface area (Å²) in [6.45, 7) is 1.57. The van der Waals surface area contributed by atoms with Gasteiger partial charge in [0.15, 0.2) is 0 Å². The number of nitrogens with one attached hydrogen (secondary N) is 2. The minimum absolute atomic E-state index is 0.0109. The van der Waals surface area contributed by atoms with Gasteiger partial charge in [0, 0.05) is 16.3 Å². The summed E-state index contributed by atoms with van der Waals surface area (Å²) in [5.41, 5.74) is 1.96. The van der Waals surface area contributed by atoms with Crippen molar-refractivity contribution in [2.45, 2.75) is 22.9 Å². The molecule has 178 valence electrons. The molecule has 1 amide bonds. The average molecular weight is 494 g/mol. The molecule has 0 aliphatic rings. The molecule has 0 aliphatic carbocycles. The van der Waals surface area contributed by atoms with Gasteiger partial charge in [0.25, 0.3) is 15.7 Å². The van der Waals surface area contributed by atoms with Crippen molar-refractivity contribution in [1.82, 2.24) is 20.4 Å². The van der Waals surface area contributed by atoms with Crippen molar-refractivity contribution >= 4 is 37.6 Å². The number of fused-ring (bicyclic) bond motifs is 3. The van der Waals surface area contributed by atoms with Gasteiger partial charge >= 0.3 is 10.9 Å². The molecule has 0 fully saturated rings. The highest BCUT2D eigenvalue weighted by atomic mass is 32.2. The summed E-state index contributed by atoms with van der Waals surface area (Å²) in [5, 5.41) is 19.2. The number of carbonyl (C=O) groups is 1. The number of hydrogen-bond acceptors (Lipinski definition) is 8. The summed E-state index contributed by atoms with van der Waals surface area (Å²) in [4.78, 5) is 19.8. The summed E-state index contributed by atoms with van der Waals surface area (Å²) in [6, 6.07) is 16.8. The van der Waals surface area contributed by atoms with Crippen molar-refractivity contribution in [2.24, 2.45) is 0 Å². The Morgan fingerprint density at radius 2 is 1.89 bits per heavy atom. The van der Waals surface area contributed by atoms with E-state index in [2.05, 4.69) is 25.1 Å². The van der Waals surface area contributed by atoms with E-state index in [4.69, 9.17) is 4.74 Å². The van der Waals surface area contributed by atoms with Crippen LogP contribution in [0.1, 0.15) is 17.4 Å². The normalized spacial score (nSPS) is 12.6. The molecule has 2 N–H and O–H groups in total. The van der Waals surface area contributed by atoms with Gasteiger partial charge in [-0.15, -0.1) is 0 Å². The van der Waals surface area contributed by atoms with E-state index in [9.17, 15) is 18.4 Å². The minimum Gasteiger partial charge on any atom is -0.450 e. The quantitative estimate of drug-likeness (QED) is 0.328. The van der Waals surface area contributed by atoms with Crippen LogP contribution in [0.5, 0.6) is 5.88 Å². The van der Waals surface area contributed by atoms with Gasteiger partial charge in [-0.25, -0.2) is 13.4 Å². The maximum absolute atomic E-state index is 12.9. The average Bonchev–Trinajstić information content (AvgIpc) is 3.42. The van der Waals surface area contributed by atoms with E-state index in [1.165, 1.54) is 24.3 Å². The molecule has 12 heteroatoms. The second-order valence-corrected chi connectivity index (χ2v) is 9.65. The molecule has 35 heavy (non-hydrogen) atoms. The molecule has 0 bridgehead atoms. The van der Waals surface area contributed by atoms with Crippen molar-refractivity contribution in [2.75, 3.05) is 6.54 Å². The topological polar surface area (TPSA) is 154 Å². The molecule has 0 aliphatic heterocycles. The number of sulfone groups is 1. The lowest BCUT2D eigenvalue weighted by molar-refractivity contribution is -0.832. The molecule has 0 spiro atoms. The van der Waals surface area contributed by atoms with E-state index < -0.39 is 32.8 Å². The van der Waals surface area contributed by atoms with Crippen molar-refractivity contribution in [3.8, 4) is 5.88 Å². The van der Waals surface area contributed by atoms with Crippen molar-refractivity contribution in [1.29, 1.82) is 0 Å². The van der Waals surface area contributed by atoms with Gasteiger partial charge in [-0.2, -0.15) is 0 Å². The van der Waals surface area contributed by atoms with Crippen LogP contribution < -0.4 is 15.0 Å². The van der Waals surface area contributed by atoms with E-state index in [0.717, 1.165) is 21.8 Å². The summed E-state index contributed by atoms with van der Waals surface area (Å²) >= 11 is 0. The van der Waals surface area contributed by atoms with Crippen LogP contribution in [0.15, 0.2) is 81.4 Å². The molecule has 5 rings (SSSR count). The number of H-pyrrole nitrogens is 1. The van der Waals surface area contributed by atoms with E-state index in [-0.39, 0.29) is 22.0 Å². The third-order valence-corrected chi connectivity index (χ3v) is 7.07. The molecule has 2 aromatic carbocycles. The molecule has 11 nitrogen and oxygen atoms in total. The number of amides is 1. The predicted octanol–water partition coefficient (Wildman–Crippen LogP) is 2.37. The highest BCUT2D eigenvalue weighted by molar-refractivity contribution is 7.91. The van der Waals surface area contributed by atoms with E-state index in [1.807, 2.05) is 24.3 Å². The van der Waals surface area contributed by atoms with Gasteiger partial charge in [0.05, 0.1) is 28.3 Å². The van der Waals surface area contributed by atoms with Gasteiger partial charge < -0.3 is 20.2 Å². The van der Waals surface area contributed by atoms with Gasteiger partial charge in [-0.3, -0.25) is 9.42 Å². The third-order valence-electron chi connectivity index (χ3n) is 5.34. The van der Waals surface area contributed by atoms with Crippen LogP contribution in [-0.2, 0) is 9.84 Å². The van der Waals surface area contributed by atoms with Crippen molar-refractivity contribution in [3.63, 3.8) is 0 Å². The molecule has 5 aromatic rings. The lowest BCUT2D eigenvalue weighted by atomic mass is 10.1. The van der Waals surface area contributed by atoms with Gasteiger partial charge in [-0.05, 0) is 36.1 Å². The molecule has 3 heterocycles. The minimum atomic E-state index is -4.24. The number of benzene rings is 2. The van der Waals surface area contributed by atoms with Gasteiger partial charge in [0.2, 0.25) is 0 Å². The fourth-order valence-corrected chi connectivity index (χ4v) is 4.94. The summed E-state index contributed by atoms with van der Waals surface area (Å²) in [7, 11) is -4.24. The van der Waals surface area contributed by atoms with Gasteiger partial charge in [-0.1, -0.05) is 36.4 Å². The molecule has 0 saturated heterocycles. The Bertz CT molecular complexity index is 1650. The summed E-state index contributed by atoms with van der Waals surface area (Å²) < 4.78 is 35.7. The molecular weight excluding hydrogens is 474 g/mol. The highest BCUT2D eigenvalue weighted by Crippen LogP contribution is 2.26. The Balaban J connectivity index is 1.30. The number of pyridine rings is 1.